The maximum absolute atomic E-state index is 13.0. The smallest absolute Gasteiger partial charge is 0.320 e. The molecule has 0 bridgehead atoms. The largest absolute Gasteiger partial charge is 0.416 e. The van der Waals surface area contributed by atoms with Crippen LogP contribution in [-0.4, -0.2) is 9.78 Å². The van der Waals surface area contributed by atoms with E-state index < -0.39 is 17.8 Å². The third-order valence-electron chi connectivity index (χ3n) is 3.21. The Morgan fingerprint density at radius 3 is 2.37 bits per heavy atom. The number of benzene rings is 1. The van der Waals surface area contributed by atoms with Crippen molar-refractivity contribution in [1.82, 2.24) is 9.78 Å². The molecule has 0 aliphatic heterocycles. The molecule has 0 fully saturated rings. The Morgan fingerprint density at radius 1 is 1.21 bits per heavy atom. The first kappa shape index (κ1) is 13.6. The highest BCUT2D eigenvalue weighted by atomic mass is 19.4. The van der Waals surface area contributed by atoms with Crippen molar-refractivity contribution in [2.75, 3.05) is 0 Å². The molecule has 0 saturated carbocycles. The van der Waals surface area contributed by atoms with E-state index in [1.54, 1.807) is 24.7 Å². The second kappa shape index (κ2) is 4.70. The molecule has 0 aliphatic rings. The molecule has 0 saturated heterocycles. The average molecular weight is 269 g/mol. The lowest BCUT2D eigenvalue weighted by Crippen LogP contribution is -2.18. The molecule has 1 aromatic heterocycles. The first-order valence-corrected chi connectivity index (χ1v) is 5.72. The zero-order valence-electron chi connectivity index (χ0n) is 10.6. The summed E-state index contributed by atoms with van der Waals surface area (Å²) in [5.41, 5.74) is 6.68. The van der Waals surface area contributed by atoms with Gasteiger partial charge in [0.1, 0.15) is 0 Å². The van der Waals surface area contributed by atoms with Crippen LogP contribution in [0.5, 0.6) is 0 Å². The Hall–Kier alpha value is -1.82. The van der Waals surface area contributed by atoms with Gasteiger partial charge in [-0.15, -0.1) is 0 Å². The lowest BCUT2D eigenvalue weighted by molar-refractivity contribution is -0.138. The van der Waals surface area contributed by atoms with Gasteiger partial charge in [-0.05, 0) is 18.6 Å². The lowest BCUT2D eigenvalue weighted by Gasteiger charge is -2.18. The van der Waals surface area contributed by atoms with Crippen LogP contribution in [0.15, 0.2) is 30.5 Å². The van der Waals surface area contributed by atoms with Gasteiger partial charge in [-0.2, -0.15) is 18.3 Å². The minimum Gasteiger partial charge on any atom is -0.320 e. The Kier molecular flexibility index (Phi) is 3.36. The van der Waals surface area contributed by atoms with Crippen molar-refractivity contribution < 1.29 is 13.2 Å². The number of hydrogen-bond donors (Lipinski definition) is 1. The summed E-state index contributed by atoms with van der Waals surface area (Å²) in [4.78, 5) is 0. The molecule has 1 heterocycles. The maximum atomic E-state index is 13.0. The molecule has 1 atom stereocenters. The number of nitrogens with two attached hydrogens (primary N) is 1. The standard InChI is InChI=1S/C13H14F3N3/c1-8-10(7-18-19(8)2)12(17)9-5-3-4-6-11(9)13(14,15)16/h3-7,12H,17H2,1-2H3. The number of halogens is 3. The Morgan fingerprint density at radius 2 is 1.84 bits per heavy atom. The number of alkyl halides is 3. The van der Waals surface area contributed by atoms with E-state index >= 15 is 0 Å². The first-order chi connectivity index (χ1) is 8.82. The van der Waals surface area contributed by atoms with Gasteiger partial charge >= 0.3 is 6.18 Å². The molecule has 2 N–H and O–H groups in total. The zero-order chi connectivity index (χ0) is 14.2. The summed E-state index contributed by atoms with van der Waals surface area (Å²) in [5, 5.41) is 4.01. The van der Waals surface area contributed by atoms with Crippen LogP contribution < -0.4 is 5.73 Å². The Bertz CT molecular complexity index is 587. The van der Waals surface area contributed by atoms with Gasteiger partial charge in [0.25, 0.3) is 0 Å². The van der Waals surface area contributed by atoms with E-state index in [-0.39, 0.29) is 5.56 Å². The molecule has 19 heavy (non-hydrogen) atoms. The predicted molar refractivity (Wildman–Crippen MR) is 65.4 cm³/mol. The topological polar surface area (TPSA) is 43.8 Å². The van der Waals surface area contributed by atoms with Crippen molar-refractivity contribution in [3.63, 3.8) is 0 Å². The van der Waals surface area contributed by atoms with Crippen molar-refractivity contribution in [1.29, 1.82) is 0 Å². The van der Waals surface area contributed by atoms with Gasteiger partial charge in [0.15, 0.2) is 0 Å². The Balaban J connectivity index is 2.51. The van der Waals surface area contributed by atoms with Gasteiger partial charge in [-0.25, -0.2) is 0 Å². The van der Waals surface area contributed by atoms with Crippen molar-refractivity contribution in [2.24, 2.45) is 12.8 Å². The lowest BCUT2D eigenvalue weighted by atomic mass is 9.95. The first-order valence-electron chi connectivity index (χ1n) is 5.72. The Labute approximate surface area is 108 Å². The third-order valence-corrected chi connectivity index (χ3v) is 3.21. The molecule has 2 rings (SSSR count). The zero-order valence-corrected chi connectivity index (χ0v) is 10.6. The van der Waals surface area contributed by atoms with Gasteiger partial charge in [0.05, 0.1) is 17.8 Å². The van der Waals surface area contributed by atoms with Crippen LogP contribution in [0, 0.1) is 6.92 Å². The molecule has 3 nitrogen and oxygen atoms in total. The highest BCUT2D eigenvalue weighted by molar-refractivity contribution is 5.39. The molecule has 6 heteroatoms. The average Bonchev–Trinajstić information content (AvgIpc) is 2.68. The molecule has 2 aromatic rings. The van der Waals surface area contributed by atoms with Crippen LogP contribution in [0.1, 0.15) is 28.4 Å². The summed E-state index contributed by atoms with van der Waals surface area (Å²) in [7, 11) is 1.72. The second-order valence-electron chi connectivity index (χ2n) is 4.37. The van der Waals surface area contributed by atoms with E-state index in [0.717, 1.165) is 11.8 Å². The molecular weight excluding hydrogens is 255 g/mol. The highest BCUT2D eigenvalue weighted by Crippen LogP contribution is 2.36. The predicted octanol–water partition coefficient (Wildman–Crippen LogP) is 2.80. The maximum Gasteiger partial charge on any atom is 0.416 e. The number of nitrogens with zero attached hydrogens (tertiary/aromatic N) is 2. The van der Waals surface area contributed by atoms with Crippen LogP contribution >= 0.6 is 0 Å². The fourth-order valence-electron chi connectivity index (χ4n) is 2.01. The molecule has 0 radical (unpaired) electrons. The van der Waals surface area contributed by atoms with Crippen molar-refractivity contribution >= 4 is 0 Å². The molecule has 0 spiro atoms. The normalized spacial score (nSPS) is 13.6. The van der Waals surface area contributed by atoms with E-state index in [4.69, 9.17) is 5.73 Å². The minimum atomic E-state index is -4.41. The second-order valence-corrected chi connectivity index (χ2v) is 4.37. The van der Waals surface area contributed by atoms with E-state index in [1.807, 2.05) is 0 Å². The summed E-state index contributed by atoms with van der Waals surface area (Å²) in [6.07, 6.45) is -2.91. The molecule has 1 unspecified atom stereocenters. The van der Waals surface area contributed by atoms with Crippen molar-refractivity contribution in [2.45, 2.75) is 19.1 Å². The van der Waals surface area contributed by atoms with E-state index in [2.05, 4.69) is 5.10 Å². The fraction of sp³-hybridized carbons (Fsp3) is 0.308. The molecule has 0 aliphatic carbocycles. The van der Waals surface area contributed by atoms with Crippen molar-refractivity contribution in [3.8, 4) is 0 Å². The molecular formula is C13H14F3N3. The summed E-state index contributed by atoms with van der Waals surface area (Å²) in [5.74, 6) is 0. The van der Waals surface area contributed by atoms with Gasteiger partial charge < -0.3 is 5.73 Å². The van der Waals surface area contributed by atoms with Crippen LogP contribution in [0.3, 0.4) is 0 Å². The van der Waals surface area contributed by atoms with Crippen LogP contribution in [0.4, 0.5) is 13.2 Å². The highest BCUT2D eigenvalue weighted by Gasteiger charge is 2.35. The summed E-state index contributed by atoms with van der Waals surface area (Å²) < 4.78 is 40.5. The third kappa shape index (κ3) is 2.49. The number of aryl methyl sites for hydroxylation is 1. The molecule has 1 aromatic carbocycles. The van der Waals surface area contributed by atoms with Crippen molar-refractivity contribution in [3.05, 3.63) is 52.8 Å². The van der Waals surface area contributed by atoms with E-state index in [0.29, 0.717) is 5.56 Å². The number of aromatic nitrogens is 2. The summed E-state index contributed by atoms with van der Waals surface area (Å²) in [6.45, 7) is 1.78. The summed E-state index contributed by atoms with van der Waals surface area (Å²) >= 11 is 0. The summed E-state index contributed by atoms with van der Waals surface area (Å²) in [6, 6.07) is 4.51. The van der Waals surface area contributed by atoms with E-state index in [1.165, 1.54) is 18.3 Å². The van der Waals surface area contributed by atoms with Crippen LogP contribution in [0.2, 0.25) is 0 Å². The van der Waals surface area contributed by atoms with E-state index in [9.17, 15) is 13.2 Å². The number of hydrogen-bond acceptors (Lipinski definition) is 2. The number of rotatable bonds is 2. The monoisotopic (exact) mass is 269 g/mol. The van der Waals surface area contributed by atoms with Crippen LogP contribution in [-0.2, 0) is 13.2 Å². The molecule has 102 valence electrons. The van der Waals surface area contributed by atoms with Gasteiger partial charge in [0.2, 0.25) is 0 Å². The molecule has 0 amide bonds. The van der Waals surface area contributed by atoms with Gasteiger partial charge in [0, 0.05) is 18.3 Å². The SMILES string of the molecule is Cc1c(C(N)c2ccccc2C(F)(F)F)cnn1C. The fourth-order valence-corrected chi connectivity index (χ4v) is 2.01. The van der Waals surface area contributed by atoms with Gasteiger partial charge in [-0.1, -0.05) is 18.2 Å². The van der Waals surface area contributed by atoms with Gasteiger partial charge in [-0.3, -0.25) is 4.68 Å². The minimum absolute atomic E-state index is 0.0612. The quantitative estimate of drug-likeness (QED) is 0.911. The van der Waals surface area contributed by atoms with Crippen LogP contribution in [0.25, 0.3) is 0 Å².